The van der Waals surface area contributed by atoms with E-state index in [1.54, 1.807) is 22.0 Å². The fourth-order valence-corrected chi connectivity index (χ4v) is 9.11. The van der Waals surface area contributed by atoms with Crippen molar-refractivity contribution >= 4 is 51.0 Å². The van der Waals surface area contributed by atoms with E-state index in [9.17, 15) is 24.3 Å². The molecule has 2 bridgehead atoms. The van der Waals surface area contributed by atoms with Crippen LogP contribution < -0.4 is 15.1 Å². The number of rotatable bonds is 20. The molecule has 3 saturated heterocycles. The van der Waals surface area contributed by atoms with Gasteiger partial charge in [-0.15, -0.1) is 13.2 Å². The van der Waals surface area contributed by atoms with Gasteiger partial charge < -0.3 is 34.6 Å². The fourth-order valence-electron chi connectivity index (χ4n) is 8.16. The molecule has 12 heteroatoms. The van der Waals surface area contributed by atoms with E-state index < -0.39 is 41.7 Å². The summed E-state index contributed by atoms with van der Waals surface area (Å²) in [5, 5.41) is 12.3. The van der Waals surface area contributed by atoms with E-state index in [4.69, 9.17) is 9.47 Å². The lowest BCUT2D eigenvalue weighted by Crippen LogP contribution is -2.57. The van der Waals surface area contributed by atoms with Gasteiger partial charge in [-0.1, -0.05) is 58.4 Å². The number of ether oxygens (including phenoxy) is 2. The second-order valence-electron chi connectivity index (χ2n) is 13.9. The van der Waals surface area contributed by atoms with Gasteiger partial charge in [0, 0.05) is 55.4 Å². The van der Waals surface area contributed by atoms with E-state index in [-0.39, 0.29) is 55.2 Å². The van der Waals surface area contributed by atoms with Gasteiger partial charge in [-0.25, -0.2) is 0 Å². The van der Waals surface area contributed by atoms with Crippen molar-refractivity contribution in [3.63, 3.8) is 0 Å². The van der Waals surface area contributed by atoms with Crippen LogP contribution in [0, 0.1) is 11.8 Å². The summed E-state index contributed by atoms with van der Waals surface area (Å²) in [5.74, 6) is -3.37. The maximum absolute atomic E-state index is 15.0. The Kier molecular flexibility index (Phi) is 13.9. The van der Waals surface area contributed by atoms with Crippen LogP contribution in [0.4, 0.5) is 11.4 Å². The van der Waals surface area contributed by atoms with Crippen molar-refractivity contribution in [2.45, 2.75) is 81.1 Å². The number of allylic oxidation sites excluding steroid dienone is 1. The van der Waals surface area contributed by atoms with Crippen LogP contribution >= 0.6 is 15.9 Å². The van der Waals surface area contributed by atoms with Crippen molar-refractivity contribution in [3.05, 3.63) is 85.5 Å². The molecule has 3 amide bonds. The summed E-state index contributed by atoms with van der Waals surface area (Å²) in [6.45, 7) is 14.0. The van der Waals surface area contributed by atoms with Gasteiger partial charge in [-0.2, -0.15) is 0 Å². The Balaban J connectivity index is 1.47. The maximum atomic E-state index is 15.0. The van der Waals surface area contributed by atoms with E-state index in [1.165, 1.54) is 0 Å². The molecule has 3 fully saturated rings. The zero-order valence-electron chi connectivity index (χ0n) is 30.8. The molecule has 1 spiro atoms. The van der Waals surface area contributed by atoms with Gasteiger partial charge in [0.05, 0.1) is 24.5 Å². The van der Waals surface area contributed by atoms with E-state index in [0.29, 0.717) is 43.4 Å². The molecule has 0 saturated carbocycles. The Hall–Kier alpha value is -4.00. The number of halogens is 1. The van der Waals surface area contributed by atoms with Gasteiger partial charge >= 0.3 is 5.97 Å². The summed E-state index contributed by atoms with van der Waals surface area (Å²) in [7, 11) is 0. The third-order valence-electron chi connectivity index (χ3n) is 10.7. The van der Waals surface area contributed by atoms with Crippen LogP contribution in [0.2, 0.25) is 0 Å². The molecule has 2 aromatic carbocycles. The number of nitrogens with zero attached hydrogens (tertiary/aromatic N) is 3. The molecule has 0 radical (unpaired) electrons. The van der Waals surface area contributed by atoms with E-state index in [2.05, 4.69) is 53.2 Å². The van der Waals surface area contributed by atoms with Crippen LogP contribution in [0.5, 0.6) is 0 Å². The van der Waals surface area contributed by atoms with Gasteiger partial charge in [0.15, 0.2) is 0 Å². The topological polar surface area (TPSA) is 129 Å². The zero-order chi connectivity index (χ0) is 38.1. The molecule has 3 heterocycles. The molecule has 0 aliphatic carbocycles. The number of nitrogens with one attached hydrogen (secondary N) is 1. The van der Waals surface area contributed by atoms with Crippen LogP contribution in [0.25, 0.3) is 0 Å². The van der Waals surface area contributed by atoms with Gasteiger partial charge in [-0.05, 0) is 75.8 Å². The number of alkyl halides is 1. The third kappa shape index (κ3) is 8.39. The average Bonchev–Trinajstić information content (AvgIpc) is 3.77. The standard InChI is InChI=1S/C41H53BrN4O7/c1-5-9-18-33(48)43-27-32(28-16-12-10-13-17-28)52-40(51)34-35-38(49)46(24-14-11-15-25-47)37(41(35)26-31(42)36(34)53-41)39(50)45(23-6-2)30-21-19-29(20-22-30)44(7-3)8-4/h5-6,10,12-13,16-17,19-22,31-32,34-37,47H,1-2,7-9,11,14-15,18,23-27H2,3-4H3,(H,43,48)/t31?,32-,34+,35-,36+,37+,41-/m1/s1. The molecule has 2 N–H and O–H groups in total. The maximum Gasteiger partial charge on any atom is 0.313 e. The molecule has 1 unspecified atom stereocenters. The van der Waals surface area contributed by atoms with Crippen LogP contribution in [0.3, 0.4) is 0 Å². The van der Waals surface area contributed by atoms with Crippen LogP contribution in [-0.2, 0) is 28.7 Å². The average molecular weight is 794 g/mol. The summed E-state index contributed by atoms with van der Waals surface area (Å²) >= 11 is 3.76. The first-order chi connectivity index (χ1) is 25.6. The summed E-state index contributed by atoms with van der Waals surface area (Å²) in [6, 6.07) is 16.0. The first kappa shape index (κ1) is 40.2. The number of fused-ring (bicyclic) bond motifs is 1. The Labute approximate surface area is 321 Å². The quantitative estimate of drug-likeness (QED) is 0.0798. The summed E-state index contributed by atoms with van der Waals surface area (Å²) in [6.07, 6.45) is 4.74. The molecule has 7 atom stereocenters. The first-order valence-electron chi connectivity index (χ1n) is 18.8. The van der Waals surface area contributed by atoms with Crippen molar-refractivity contribution in [1.82, 2.24) is 10.2 Å². The first-order valence-corrected chi connectivity index (χ1v) is 19.7. The lowest BCUT2D eigenvalue weighted by molar-refractivity contribution is -0.160. The van der Waals surface area contributed by atoms with Crippen molar-refractivity contribution in [1.29, 1.82) is 0 Å². The SMILES string of the molecule is C=CCCC(=O)NC[C@@H](OC(=O)[C@@H]1[C@H]2O[C@@]3(CC2Br)[C@H](C(=O)N(CC=C)c2ccc(N(CC)CC)cc2)N(CCCCCO)C(=O)[C@@H]13)c1ccccc1. The van der Waals surface area contributed by atoms with Crippen molar-refractivity contribution in [3.8, 4) is 0 Å². The van der Waals surface area contributed by atoms with Crippen LogP contribution in [-0.4, -0.2) is 95.6 Å². The van der Waals surface area contributed by atoms with Crippen molar-refractivity contribution < 1.29 is 33.8 Å². The van der Waals surface area contributed by atoms with Gasteiger partial charge in [-0.3, -0.25) is 19.2 Å². The number of carbonyl (C=O) groups excluding carboxylic acids is 4. The monoisotopic (exact) mass is 792 g/mol. The third-order valence-corrected chi connectivity index (χ3v) is 11.6. The number of carbonyl (C=O) groups is 4. The molecule has 5 rings (SSSR count). The number of unbranched alkanes of at least 4 members (excludes halogenated alkanes) is 2. The highest BCUT2D eigenvalue weighted by Gasteiger charge is 2.77. The predicted molar refractivity (Wildman–Crippen MR) is 209 cm³/mol. The van der Waals surface area contributed by atoms with Crippen LogP contribution in [0.15, 0.2) is 79.9 Å². The Morgan fingerprint density at radius 2 is 1.75 bits per heavy atom. The predicted octanol–water partition coefficient (Wildman–Crippen LogP) is 5.33. The summed E-state index contributed by atoms with van der Waals surface area (Å²) < 4.78 is 12.9. The summed E-state index contributed by atoms with van der Waals surface area (Å²) in [5.41, 5.74) is 1.12. The highest BCUT2D eigenvalue weighted by Crippen LogP contribution is 2.60. The van der Waals surface area contributed by atoms with Crippen molar-refractivity contribution in [2.24, 2.45) is 11.8 Å². The Morgan fingerprint density at radius 3 is 2.40 bits per heavy atom. The molecular weight excluding hydrogens is 740 g/mol. The molecule has 11 nitrogen and oxygen atoms in total. The molecule has 53 heavy (non-hydrogen) atoms. The Morgan fingerprint density at radius 1 is 1.06 bits per heavy atom. The number of amides is 3. The summed E-state index contributed by atoms with van der Waals surface area (Å²) in [4.78, 5) is 61.7. The highest BCUT2D eigenvalue weighted by molar-refractivity contribution is 9.09. The minimum Gasteiger partial charge on any atom is -0.455 e. The normalized spacial score (nSPS) is 24.7. The molecular formula is C41H53BrN4O7. The number of hydrogen-bond donors (Lipinski definition) is 2. The number of anilines is 2. The molecule has 286 valence electrons. The highest BCUT2D eigenvalue weighted by atomic mass is 79.9. The molecule has 0 aromatic heterocycles. The minimum atomic E-state index is -1.28. The van der Waals surface area contributed by atoms with Crippen LogP contribution in [0.1, 0.15) is 64.0 Å². The largest absolute Gasteiger partial charge is 0.455 e. The molecule has 2 aromatic rings. The second-order valence-corrected chi connectivity index (χ2v) is 15.0. The number of esters is 1. The fraction of sp³-hybridized carbons (Fsp3) is 0.512. The molecule has 3 aliphatic rings. The second kappa shape index (κ2) is 18.4. The number of benzene rings is 2. The van der Waals surface area contributed by atoms with Gasteiger partial charge in [0.2, 0.25) is 11.8 Å². The minimum absolute atomic E-state index is 0.0285. The number of likely N-dealkylation sites (tertiary alicyclic amines) is 1. The number of aliphatic hydroxyl groups is 1. The van der Waals surface area contributed by atoms with Gasteiger partial charge in [0.1, 0.15) is 17.7 Å². The Bertz CT molecular complexity index is 1600. The zero-order valence-corrected chi connectivity index (χ0v) is 32.4. The van der Waals surface area contributed by atoms with Crippen molar-refractivity contribution in [2.75, 3.05) is 49.1 Å². The van der Waals surface area contributed by atoms with Gasteiger partial charge in [0.25, 0.3) is 5.91 Å². The molecule has 3 aliphatic heterocycles. The number of aliphatic hydroxyl groups excluding tert-OH is 1. The van der Waals surface area contributed by atoms with E-state index >= 15 is 0 Å². The lowest BCUT2D eigenvalue weighted by Gasteiger charge is -2.37. The van der Waals surface area contributed by atoms with E-state index in [0.717, 1.165) is 18.8 Å². The number of hydrogen-bond acceptors (Lipinski definition) is 8. The van der Waals surface area contributed by atoms with E-state index in [1.807, 2.05) is 54.6 Å². The smallest absolute Gasteiger partial charge is 0.313 e. The lowest BCUT2D eigenvalue weighted by atomic mass is 9.70.